The zero-order valence-corrected chi connectivity index (χ0v) is 19.0. The highest BCUT2D eigenvalue weighted by atomic mass is 16.6. The maximum atomic E-state index is 12.5. The average Bonchev–Trinajstić information content (AvgIpc) is 3.66. The summed E-state index contributed by atoms with van der Waals surface area (Å²) in [4.78, 5) is 24.1. The maximum absolute atomic E-state index is 12.5. The van der Waals surface area contributed by atoms with Crippen molar-refractivity contribution in [3.63, 3.8) is 0 Å². The summed E-state index contributed by atoms with van der Waals surface area (Å²) in [6.07, 6.45) is 4.34. The van der Waals surface area contributed by atoms with Gasteiger partial charge in [0.05, 0.1) is 37.4 Å². The fraction of sp³-hybridized carbons (Fsp3) is 0.346. The molecule has 0 spiro atoms. The number of epoxide rings is 1. The van der Waals surface area contributed by atoms with Crippen molar-refractivity contribution < 1.29 is 33.3 Å². The lowest BCUT2D eigenvalue weighted by molar-refractivity contribution is -0.137. The molecule has 1 aliphatic rings. The number of hydrogen-bond donors (Lipinski definition) is 0. The third kappa shape index (κ3) is 8.70. The smallest absolute Gasteiger partial charge is 0.343 e. The lowest BCUT2D eigenvalue weighted by atomic mass is 10.1. The van der Waals surface area contributed by atoms with Gasteiger partial charge in [0, 0.05) is 12.7 Å². The molecule has 1 saturated heterocycles. The van der Waals surface area contributed by atoms with Crippen LogP contribution in [0.2, 0.25) is 0 Å². The van der Waals surface area contributed by atoms with Gasteiger partial charge in [0.25, 0.3) is 0 Å². The fourth-order valence-corrected chi connectivity index (χ4v) is 2.93. The molecule has 8 nitrogen and oxygen atoms in total. The van der Waals surface area contributed by atoms with Crippen LogP contribution in [0.1, 0.15) is 34.3 Å². The van der Waals surface area contributed by atoms with E-state index < -0.39 is 11.9 Å². The van der Waals surface area contributed by atoms with Crippen LogP contribution in [-0.4, -0.2) is 51.1 Å². The van der Waals surface area contributed by atoms with E-state index in [1.165, 1.54) is 6.08 Å². The minimum atomic E-state index is -0.520. The van der Waals surface area contributed by atoms with Crippen LogP contribution in [0.25, 0.3) is 6.08 Å². The number of carbonyl (C=O) groups is 2. The van der Waals surface area contributed by atoms with E-state index in [-0.39, 0.29) is 13.0 Å². The van der Waals surface area contributed by atoms with E-state index in [0.717, 1.165) is 24.2 Å². The summed E-state index contributed by atoms with van der Waals surface area (Å²) in [5.74, 6) is 0.0313. The third-order valence-electron chi connectivity index (χ3n) is 4.88. The van der Waals surface area contributed by atoms with Crippen molar-refractivity contribution in [2.45, 2.75) is 25.9 Å². The first-order chi connectivity index (χ1) is 16.5. The van der Waals surface area contributed by atoms with Gasteiger partial charge in [0.15, 0.2) is 0 Å². The van der Waals surface area contributed by atoms with Crippen molar-refractivity contribution in [2.75, 3.05) is 33.0 Å². The van der Waals surface area contributed by atoms with Gasteiger partial charge in [0.2, 0.25) is 0 Å². The second-order valence-electron chi connectivity index (χ2n) is 7.55. The highest BCUT2D eigenvalue weighted by molar-refractivity contribution is 5.91. The van der Waals surface area contributed by atoms with Crippen LogP contribution in [0, 0.1) is 18.3 Å². The van der Waals surface area contributed by atoms with Gasteiger partial charge >= 0.3 is 11.9 Å². The molecule has 2 aromatic carbocycles. The molecule has 0 saturated carbocycles. The third-order valence-corrected chi connectivity index (χ3v) is 4.88. The van der Waals surface area contributed by atoms with Crippen molar-refractivity contribution in [1.82, 2.24) is 0 Å². The van der Waals surface area contributed by atoms with Crippen molar-refractivity contribution >= 4 is 18.0 Å². The van der Waals surface area contributed by atoms with E-state index in [0.29, 0.717) is 43.0 Å². The topological polar surface area (TPSA) is 107 Å². The van der Waals surface area contributed by atoms with Gasteiger partial charge in [-0.25, -0.2) is 9.59 Å². The average molecular weight is 466 g/mol. The quantitative estimate of drug-likeness (QED) is 0.144. The number of esters is 2. The first-order valence-corrected chi connectivity index (χ1v) is 11.0. The lowest BCUT2D eigenvalue weighted by Gasteiger charge is -2.09. The number of hydrogen-bond acceptors (Lipinski definition) is 8. The minimum Gasteiger partial charge on any atom is -0.491 e. The standard InChI is InChI=1S/C26H27NO7/c1-19-17-23(9-3-20(19)6-10-25(28)32-13-2-12-27)34-26(29)21-4-7-22(8-5-21)31-16-15-30-14-11-24-18-33-24/h3-10,17,24H,2,11,13-16,18H2,1H3/b10-6+. The molecule has 0 bridgehead atoms. The van der Waals surface area contributed by atoms with Crippen molar-refractivity contribution in [1.29, 1.82) is 5.26 Å². The van der Waals surface area contributed by atoms with Crippen molar-refractivity contribution in [2.24, 2.45) is 0 Å². The normalized spacial score (nSPS) is 14.4. The van der Waals surface area contributed by atoms with E-state index in [9.17, 15) is 9.59 Å². The molecular weight excluding hydrogens is 438 g/mol. The summed E-state index contributed by atoms with van der Waals surface area (Å²) >= 11 is 0. The molecule has 0 aromatic heterocycles. The minimum absolute atomic E-state index is 0.0611. The molecular formula is C26H27NO7. The second-order valence-corrected chi connectivity index (χ2v) is 7.55. The summed E-state index contributed by atoms with van der Waals surface area (Å²) in [5, 5.41) is 8.46. The number of benzene rings is 2. The maximum Gasteiger partial charge on any atom is 0.343 e. The van der Waals surface area contributed by atoms with E-state index in [1.54, 1.807) is 48.5 Å². The molecule has 1 heterocycles. The molecule has 0 radical (unpaired) electrons. The summed E-state index contributed by atoms with van der Waals surface area (Å²) in [6, 6.07) is 13.7. The van der Waals surface area contributed by atoms with E-state index in [2.05, 4.69) is 0 Å². The van der Waals surface area contributed by atoms with Crippen LogP contribution < -0.4 is 9.47 Å². The summed E-state index contributed by atoms with van der Waals surface area (Å²) < 4.78 is 26.6. The van der Waals surface area contributed by atoms with Gasteiger partial charge in [0.1, 0.15) is 24.7 Å². The molecule has 0 aliphatic carbocycles. The van der Waals surface area contributed by atoms with Gasteiger partial charge in [-0.15, -0.1) is 0 Å². The van der Waals surface area contributed by atoms with Gasteiger partial charge in [-0.2, -0.15) is 5.26 Å². The Hall–Kier alpha value is -3.67. The van der Waals surface area contributed by atoms with E-state index in [4.69, 9.17) is 28.9 Å². The summed E-state index contributed by atoms with van der Waals surface area (Å²) in [5.41, 5.74) is 2.00. The monoisotopic (exact) mass is 465 g/mol. The molecule has 178 valence electrons. The molecule has 8 heteroatoms. The zero-order valence-electron chi connectivity index (χ0n) is 19.0. The molecule has 3 rings (SSSR count). The number of carbonyl (C=O) groups excluding carboxylic acids is 2. The first-order valence-electron chi connectivity index (χ1n) is 11.0. The Labute approximate surface area is 198 Å². The number of ether oxygens (including phenoxy) is 5. The van der Waals surface area contributed by atoms with E-state index in [1.807, 2.05) is 13.0 Å². The molecule has 1 unspecified atom stereocenters. The van der Waals surface area contributed by atoms with Gasteiger partial charge in [-0.3, -0.25) is 0 Å². The number of nitriles is 1. The molecule has 1 fully saturated rings. The first kappa shape index (κ1) is 25.0. The summed E-state index contributed by atoms with van der Waals surface area (Å²) in [6.45, 7) is 4.31. The molecule has 2 aromatic rings. The molecule has 0 N–H and O–H groups in total. The lowest BCUT2D eigenvalue weighted by Crippen LogP contribution is -2.10. The Morgan fingerprint density at radius 1 is 1.09 bits per heavy atom. The number of nitrogens with zero attached hydrogens (tertiary/aromatic N) is 1. The van der Waals surface area contributed by atoms with Crippen LogP contribution in [-0.2, 0) is 19.0 Å². The zero-order chi connectivity index (χ0) is 24.2. The molecule has 1 aliphatic heterocycles. The Kier molecular flexibility index (Phi) is 9.65. The predicted octanol–water partition coefficient (Wildman–Crippen LogP) is 3.87. The number of rotatable bonds is 13. The van der Waals surface area contributed by atoms with Crippen LogP contribution >= 0.6 is 0 Å². The van der Waals surface area contributed by atoms with Crippen molar-refractivity contribution in [3.05, 3.63) is 65.2 Å². The van der Waals surface area contributed by atoms with Crippen molar-refractivity contribution in [3.8, 4) is 17.6 Å². The van der Waals surface area contributed by atoms with Crippen LogP contribution in [0.5, 0.6) is 11.5 Å². The SMILES string of the molecule is Cc1cc(OC(=O)c2ccc(OCCOCCC3CO3)cc2)ccc1/C=C/C(=O)OCCC#N. The Balaban J connectivity index is 1.43. The second kappa shape index (κ2) is 13.1. The Bertz CT molecular complexity index is 1040. The Morgan fingerprint density at radius 3 is 2.56 bits per heavy atom. The Morgan fingerprint density at radius 2 is 1.85 bits per heavy atom. The number of aryl methyl sites for hydroxylation is 1. The van der Waals surface area contributed by atoms with Gasteiger partial charge in [-0.05, 0) is 66.9 Å². The van der Waals surface area contributed by atoms with Crippen LogP contribution in [0.15, 0.2) is 48.5 Å². The molecule has 34 heavy (non-hydrogen) atoms. The highest BCUT2D eigenvalue weighted by Gasteiger charge is 2.21. The van der Waals surface area contributed by atoms with Crippen LogP contribution in [0.3, 0.4) is 0 Å². The molecule has 1 atom stereocenters. The predicted molar refractivity (Wildman–Crippen MR) is 123 cm³/mol. The highest BCUT2D eigenvalue weighted by Crippen LogP contribution is 2.20. The fourth-order valence-electron chi connectivity index (χ4n) is 2.93. The summed E-state index contributed by atoms with van der Waals surface area (Å²) in [7, 11) is 0. The molecule has 0 amide bonds. The largest absolute Gasteiger partial charge is 0.491 e. The van der Waals surface area contributed by atoms with Gasteiger partial charge in [-0.1, -0.05) is 6.07 Å². The van der Waals surface area contributed by atoms with Gasteiger partial charge < -0.3 is 23.7 Å². The van der Waals surface area contributed by atoms with E-state index >= 15 is 0 Å². The van der Waals surface area contributed by atoms with Crippen LogP contribution in [0.4, 0.5) is 0 Å².